The zero-order valence-electron chi connectivity index (χ0n) is 16.2. The molecule has 0 saturated carbocycles. The van der Waals surface area contributed by atoms with Gasteiger partial charge in [-0.05, 0) is 42.3 Å². The van der Waals surface area contributed by atoms with E-state index in [-0.39, 0.29) is 30.1 Å². The Hall–Kier alpha value is -3.67. The number of furan rings is 1. The van der Waals surface area contributed by atoms with Crippen LogP contribution in [0.15, 0.2) is 26.7 Å². The minimum Gasteiger partial charge on any atom is -0.481 e. The van der Waals surface area contributed by atoms with Gasteiger partial charge in [0.1, 0.15) is 17.2 Å². The number of nitrogens with zero attached hydrogens (tertiary/aromatic N) is 1. The Kier molecular flexibility index (Phi) is 6.70. The van der Waals surface area contributed by atoms with Gasteiger partial charge in [0.15, 0.2) is 0 Å². The molecule has 11 nitrogen and oxygen atoms in total. The summed E-state index contributed by atoms with van der Waals surface area (Å²) in [6.45, 7) is 0. The molecule has 31 heavy (non-hydrogen) atoms. The van der Waals surface area contributed by atoms with E-state index >= 15 is 0 Å². The SMILES string of the molecule is Nc1nc2oc(CCCc3csc(C(=O)N[C@@H](CCC(=O)O)C(=O)O)c3)cc2c(=O)[nH]1. The standard InChI is InChI=1S/C19H20N4O7S/c20-19-22-15(26)11-7-10(30-17(11)23-19)3-1-2-9-6-13(31-8-9)16(27)21-12(18(28)29)4-5-14(24)25/h6-8,12H,1-5H2,(H,21,27)(H,24,25)(H,28,29)(H3,20,22,23,26)/t12-/m0/s1. The first kappa shape index (κ1) is 22.0. The summed E-state index contributed by atoms with van der Waals surface area (Å²) in [6.07, 6.45) is 1.30. The van der Waals surface area contributed by atoms with Crippen LogP contribution in [0.4, 0.5) is 5.95 Å². The summed E-state index contributed by atoms with van der Waals surface area (Å²) >= 11 is 1.18. The fourth-order valence-electron chi connectivity index (χ4n) is 2.97. The average Bonchev–Trinajstić information content (AvgIpc) is 3.31. The van der Waals surface area contributed by atoms with Gasteiger partial charge < -0.3 is 25.7 Å². The minimum atomic E-state index is -1.28. The van der Waals surface area contributed by atoms with Gasteiger partial charge in [-0.15, -0.1) is 11.3 Å². The van der Waals surface area contributed by atoms with Gasteiger partial charge in [0.2, 0.25) is 11.7 Å². The van der Waals surface area contributed by atoms with Crippen LogP contribution in [0.1, 0.15) is 40.3 Å². The highest BCUT2D eigenvalue weighted by Crippen LogP contribution is 2.20. The maximum atomic E-state index is 12.3. The molecule has 0 spiro atoms. The van der Waals surface area contributed by atoms with E-state index in [0.29, 0.717) is 35.3 Å². The number of carbonyl (C=O) groups is 3. The zero-order chi connectivity index (χ0) is 22.5. The molecule has 0 unspecified atom stereocenters. The number of anilines is 1. The third-order valence-corrected chi connectivity index (χ3v) is 5.47. The molecular weight excluding hydrogens is 428 g/mol. The van der Waals surface area contributed by atoms with Gasteiger partial charge in [-0.25, -0.2) is 4.79 Å². The summed E-state index contributed by atoms with van der Waals surface area (Å²) in [6, 6.07) is 2.02. The van der Waals surface area contributed by atoms with E-state index in [9.17, 15) is 19.2 Å². The van der Waals surface area contributed by atoms with Gasteiger partial charge >= 0.3 is 11.9 Å². The van der Waals surface area contributed by atoms with Crippen molar-refractivity contribution in [2.75, 3.05) is 5.73 Å². The maximum absolute atomic E-state index is 12.3. The lowest BCUT2D eigenvalue weighted by molar-refractivity contribution is -0.140. The molecule has 3 rings (SSSR count). The number of aromatic nitrogens is 2. The first-order chi connectivity index (χ1) is 14.7. The maximum Gasteiger partial charge on any atom is 0.326 e. The van der Waals surface area contributed by atoms with Gasteiger partial charge in [0.25, 0.3) is 11.5 Å². The fourth-order valence-corrected chi connectivity index (χ4v) is 3.82. The molecule has 3 heterocycles. The number of carbonyl (C=O) groups excluding carboxylic acids is 1. The summed E-state index contributed by atoms with van der Waals surface area (Å²) in [4.78, 5) is 52.7. The highest BCUT2D eigenvalue weighted by atomic mass is 32.1. The van der Waals surface area contributed by atoms with Crippen LogP contribution in [0.3, 0.4) is 0 Å². The molecule has 3 aromatic heterocycles. The molecule has 0 aromatic carbocycles. The summed E-state index contributed by atoms with van der Waals surface area (Å²) in [5.74, 6) is -2.40. The molecule has 1 amide bonds. The molecule has 0 radical (unpaired) electrons. The van der Waals surface area contributed by atoms with Gasteiger partial charge in [-0.3, -0.25) is 19.4 Å². The number of amides is 1. The summed E-state index contributed by atoms with van der Waals surface area (Å²) in [5, 5.41) is 22.3. The second-order valence-electron chi connectivity index (χ2n) is 6.85. The van der Waals surface area contributed by atoms with Crippen molar-refractivity contribution in [2.45, 2.75) is 38.1 Å². The molecule has 0 bridgehead atoms. The summed E-state index contributed by atoms with van der Waals surface area (Å²) in [7, 11) is 0. The summed E-state index contributed by atoms with van der Waals surface area (Å²) in [5.41, 5.74) is 6.20. The van der Waals surface area contributed by atoms with Crippen molar-refractivity contribution in [1.82, 2.24) is 15.3 Å². The molecule has 3 aromatic rings. The average molecular weight is 448 g/mol. The Balaban J connectivity index is 1.55. The number of carboxylic acid groups (broad SMARTS) is 2. The third-order valence-electron chi connectivity index (χ3n) is 4.49. The molecule has 164 valence electrons. The van der Waals surface area contributed by atoms with Crippen molar-refractivity contribution in [1.29, 1.82) is 0 Å². The predicted octanol–water partition coefficient (Wildman–Crippen LogP) is 1.38. The minimum absolute atomic E-state index is 0.0180. The van der Waals surface area contributed by atoms with Crippen LogP contribution in [-0.2, 0) is 22.4 Å². The predicted molar refractivity (Wildman–Crippen MR) is 111 cm³/mol. The number of aliphatic carboxylic acids is 2. The van der Waals surface area contributed by atoms with Crippen LogP contribution in [0.25, 0.3) is 11.1 Å². The molecule has 0 saturated heterocycles. The van der Waals surface area contributed by atoms with Crippen LogP contribution in [0.5, 0.6) is 0 Å². The number of nitrogens with one attached hydrogen (secondary N) is 2. The number of hydrogen-bond donors (Lipinski definition) is 5. The van der Waals surface area contributed by atoms with Crippen LogP contribution in [0, 0.1) is 0 Å². The van der Waals surface area contributed by atoms with Crippen molar-refractivity contribution < 1.29 is 29.0 Å². The van der Waals surface area contributed by atoms with E-state index in [0.717, 1.165) is 5.56 Å². The lowest BCUT2D eigenvalue weighted by Crippen LogP contribution is -2.40. The Morgan fingerprint density at radius 2 is 2.03 bits per heavy atom. The molecule has 0 aliphatic carbocycles. The first-order valence-electron chi connectivity index (χ1n) is 9.34. The van der Waals surface area contributed by atoms with Gasteiger partial charge in [-0.2, -0.15) is 4.98 Å². The number of aromatic amines is 1. The second kappa shape index (κ2) is 9.43. The number of H-pyrrole nitrogens is 1. The zero-order valence-corrected chi connectivity index (χ0v) is 17.0. The number of fused-ring (bicyclic) bond motifs is 1. The molecule has 12 heteroatoms. The third kappa shape index (κ3) is 5.69. The van der Waals surface area contributed by atoms with Crippen molar-refractivity contribution >= 4 is 46.2 Å². The monoisotopic (exact) mass is 448 g/mol. The van der Waals surface area contributed by atoms with E-state index in [1.165, 1.54) is 11.3 Å². The van der Waals surface area contributed by atoms with E-state index < -0.39 is 23.9 Å². The van der Waals surface area contributed by atoms with Crippen molar-refractivity contribution in [3.63, 3.8) is 0 Å². The molecule has 0 aliphatic rings. The van der Waals surface area contributed by atoms with Crippen LogP contribution < -0.4 is 16.6 Å². The first-order valence-corrected chi connectivity index (χ1v) is 10.2. The Bertz CT molecular complexity index is 1180. The van der Waals surface area contributed by atoms with E-state index in [4.69, 9.17) is 20.4 Å². The lowest BCUT2D eigenvalue weighted by Gasteiger charge is -2.12. The molecule has 0 aliphatic heterocycles. The normalized spacial score (nSPS) is 12.0. The second-order valence-corrected chi connectivity index (χ2v) is 7.76. The van der Waals surface area contributed by atoms with Crippen molar-refractivity contribution in [2.24, 2.45) is 0 Å². The number of rotatable bonds is 10. The number of carboxylic acids is 2. The molecule has 6 N–H and O–H groups in total. The van der Waals surface area contributed by atoms with Crippen LogP contribution in [-0.4, -0.2) is 44.1 Å². The number of nitrogens with two attached hydrogens (primary N) is 1. The van der Waals surface area contributed by atoms with Crippen LogP contribution in [0.2, 0.25) is 0 Å². The largest absolute Gasteiger partial charge is 0.481 e. The lowest BCUT2D eigenvalue weighted by atomic mass is 10.1. The van der Waals surface area contributed by atoms with Gasteiger partial charge in [0.05, 0.1) is 4.88 Å². The Morgan fingerprint density at radius 3 is 2.74 bits per heavy atom. The van der Waals surface area contributed by atoms with E-state index in [2.05, 4.69) is 15.3 Å². The van der Waals surface area contributed by atoms with Crippen molar-refractivity contribution in [3.8, 4) is 0 Å². The van der Waals surface area contributed by atoms with Crippen molar-refractivity contribution in [3.05, 3.63) is 44.1 Å². The number of hydrogen-bond acceptors (Lipinski definition) is 8. The topological polar surface area (TPSA) is 189 Å². The number of nitrogen functional groups attached to an aromatic ring is 1. The van der Waals surface area contributed by atoms with Gasteiger partial charge in [0, 0.05) is 12.8 Å². The summed E-state index contributed by atoms with van der Waals surface area (Å²) < 4.78 is 5.55. The Labute approximate surface area is 178 Å². The highest BCUT2D eigenvalue weighted by Gasteiger charge is 2.22. The Morgan fingerprint density at radius 1 is 1.26 bits per heavy atom. The number of aryl methyl sites for hydroxylation is 2. The fraction of sp³-hybridized carbons (Fsp3) is 0.316. The highest BCUT2D eigenvalue weighted by molar-refractivity contribution is 7.12. The molecular formula is C19H20N4O7S. The quantitative estimate of drug-likeness (QED) is 0.305. The smallest absolute Gasteiger partial charge is 0.326 e. The molecule has 0 fully saturated rings. The molecule has 1 atom stereocenters. The number of thiophene rings is 1. The van der Waals surface area contributed by atoms with Crippen LogP contribution >= 0.6 is 11.3 Å². The van der Waals surface area contributed by atoms with Gasteiger partial charge in [-0.1, -0.05) is 0 Å². The van der Waals surface area contributed by atoms with E-state index in [1.54, 1.807) is 17.5 Å². The van der Waals surface area contributed by atoms with E-state index in [1.807, 2.05) is 0 Å².